The number of guanidine groups is 1. The average molecular weight is 680 g/mol. The maximum atomic E-state index is 14.0. The van der Waals surface area contributed by atoms with Crippen LogP contribution in [-0.2, 0) is 19.5 Å². The van der Waals surface area contributed by atoms with Crippen LogP contribution in [0.25, 0.3) is 0 Å². The number of aryl methyl sites for hydroxylation is 4. The highest BCUT2D eigenvalue weighted by Crippen LogP contribution is 2.31. The highest BCUT2D eigenvalue weighted by Gasteiger charge is 2.33. The summed E-state index contributed by atoms with van der Waals surface area (Å²) in [5.41, 5.74) is 14.5. The normalized spacial score (nSPS) is 18.9. The van der Waals surface area contributed by atoms with Crippen LogP contribution in [0.4, 0.5) is 11.4 Å². The van der Waals surface area contributed by atoms with E-state index in [4.69, 9.17) is 15.8 Å². The Morgan fingerprint density at radius 3 is 2.62 bits per heavy atom. The number of anilines is 1. The van der Waals surface area contributed by atoms with Gasteiger partial charge in [-0.3, -0.25) is 44.5 Å². The molecule has 14 heteroatoms. The van der Waals surface area contributed by atoms with E-state index in [0.717, 1.165) is 48.3 Å². The molecule has 0 radical (unpaired) electrons. The Hall–Kier alpha value is -5.53. The number of hydrogen-bond donors (Lipinski definition) is 3. The average Bonchev–Trinajstić information content (AvgIpc) is 3.76. The van der Waals surface area contributed by atoms with E-state index in [9.17, 15) is 14.4 Å². The van der Waals surface area contributed by atoms with Gasteiger partial charge in [-0.05, 0) is 96.4 Å². The summed E-state index contributed by atoms with van der Waals surface area (Å²) in [6.45, 7) is 11.7. The molecule has 3 aliphatic rings. The summed E-state index contributed by atoms with van der Waals surface area (Å²) in [5.74, 6) is -0.560. The molecule has 3 aromatic rings. The number of amides is 3. The molecule has 6 rings (SSSR count). The fraction of sp³-hybridized carbons (Fsp3) is 0.417. The lowest BCUT2D eigenvalue weighted by atomic mass is 10.0. The Morgan fingerprint density at radius 1 is 1.04 bits per heavy atom. The zero-order valence-electron chi connectivity index (χ0n) is 29.0. The molecular weight excluding hydrogens is 634 g/mol. The van der Waals surface area contributed by atoms with Crippen molar-refractivity contribution in [1.82, 2.24) is 35.2 Å². The Bertz CT molecular complexity index is 1900. The summed E-state index contributed by atoms with van der Waals surface area (Å²) in [5, 5.41) is 14.2. The lowest BCUT2D eigenvalue weighted by Crippen LogP contribution is -2.44. The van der Waals surface area contributed by atoms with Gasteiger partial charge >= 0.3 is 0 Å². The van der Waals surface area contributed by atoms with Gasteiger partial charge in [0.25, 0.3) is 11.8 Å². The van der Waals surface area contributed by atoms with Crippen LogP contribution < -0.4 is 21.5 Å². The number of hydrazine groups is 1. The highest BCUT2D eigenvalue weighted by atomic mass is 16.2. The zero-order chi connectivity index (χ0) is 35.4. The first-order valence-electron chi connectivity index (χ1n) is 17.3. The van der Waals surface area contributed by atoms with Crippen molar-refractivity contribution in [1.29, 1.82) is 0 Å². The van der Waals surface area contributed by atoms with Crippen LogP contribution in [0.3, 0.4) is 0 Å². The van der Waals surface area contributed by atoms with E-state index in [1.807, 2.05) is 26.8 Å². The van der Waals surface area contributed by atoms with Crippen LogP contribution >= 0.6 is 0 Å². The Balaban J connectivity index is 1.33. The van der Waals surface area contributed by atoms with Gasteiger partial charge in [-0.2, -0.15) is 10.2 Å². The van der Waals surface area contributed by atoms with Crippen LogP contribution in [0.1, 0.15) is 93.7 Å². The third kappa shape index (κ3) is 7.09. The Morgan fingerprint density at radius 2 is 1.84 bits per heavy atom. The molecule has 2 aromatic heterocycles. The first kappa shape index (κ1) is 34.3. The van der Waals surface area contributed by atoms with Crippen molar-refractivity contribution in [3.05, 3.63) is 82.1 Å². The van der Waals surface area contributed by atoms with Crippen LogP contribution in [-0.4, -0.2) is 74.0 Å². The topological polar surface area (TPSA) is 168 Å². The van der Waals surface area contributed by atoms with Crippen LogP contribution in [0.2, 0.25) is 0 Å². The van der Waals surface area contributed by atoms with Crippen molar-refractivity contribution in [2.45, 2.75) is 84.8 Å². The molecule has 0 saturated carbocycles. The van der Waals surface area contributed by atoms with E-state index in [1.54, 1.807) is 38.6 Å². The van der Waals surface area contributed by atoms with Crippen LogP contribution in [0.5, 0.6) is 0 Å². The molecule has 262 valence electrons. The van der Waals surface area contributed by atoms with Gasteiger partial charge in [0.15, 0.2) is 0 Å². The van der Waals surface area contributed by atoms with Crippen molar-refractivity contribution in [2.24, 2.45) is 15.7 Å². The van der Waals surface area contributed by atoms with Gasteiger partial charge in [-0.25, -0.2) is 4.99 Å². The largest absolute Gasteiger partial charge is 0.366 e. The number of nitrogens with two attached hydrogens (primary N) is 1. The number of allylic oxidation sites excluding steroid dienone is 2. The minimum atomic E-state index is -0.582. The number of nitrogens with zero attached hydrogens (tertiary/aromatic N) is 8. The molecule has 1 aromatic carbocycles. The Labute approximate surface area is 291 Å². The van der Waals surface area contributed by atoms with E-state index in [1.165, 1.54) is 0 Å². The summed E-state index contributed by atoms with van der Waals surface area (Å²) in [7, 11) is 0. The zero-order valence-corrected chi connectivity index (χ0v) is 29.0. The molecule has 2 aliphatic heterocycles. The molecule has 50 heavy (non-hydrogen) atoms. The molecule has 0 fully saturated rings. The number of aliphatic imine (C=N–C) groups is 2. The summed E-state index contributed by atoms with van der Waals surface area (Å²) in [6, 6.07) is 6.61. The highest BCUT2D eigenvalue weighted by molar-refractivity contribution is 6.07. The SMILES string of the molecule is C=Nc1cc(C(N)=O)ccc1N1CCCCN2C3=CC=CCC3N=C2NC(=O)c2c(c(C)nn2CC)CCCCCn2nc(C)cc2C(=O)N1. The predicted molar refractivity (Wildman–Crippen MR) is 193 cm³/mol. The van der Waals surface area contributed by atoms with E-state index in [0.29, 0.717) is 79.7 Å². The summed E-state index contributed by atoms with van der Waals surface area (Å²) in [6.07, 6.45) is 11.5. The van der Waals surface area contributed by atoms with E-state index < -0.39 is 5.91 Å². The van der Waals surface area contributed by atoms with E-state index in [-0.39, 0.29) is 17.9 Å². The molecule has 14 nitrogen and oxygen atoms in total. The van der Waals surface area contributed by atoms with Gasteiger partial charge in [-0.1, -0.05) is 18.6 Å². The Kier molecular flexibility index (Phi) is 10.3. The number of benzene rings is 1. The molecule has 0 spiro atoms. The molecule has 1 aliphatic carbocycles. The monoisotopic (exact) mass is 679 g/mol. The molecule has 1 atom stereocenters. The summed E-state index contributed by atoms with van der Waals surface area (Å²) in [4.78, 5) is 51.0. The summed E-state index contributed by atoms with van der Waals surface area (Å²) >= 11 is 0. The first-order valence-corrected chi connectivity index (χ1v) is 17.3. The van der Waals surface area contributed by atoms with Crippen molar-refractivity contribution >= 4 is 41.8 Å². The van der Waals surface area contributed by atoms with Crippen molar-refractivity contribution in [2.75, 3.05) is 18.1 Å². The van der Waals surface area contributed by atoms with Gasteiger partial charge in [0.1, 0.15) is 11.4 Å². The molecule has 4 N–H and O–H groups in total. The fourth-order valence-corrected chi connectivity index (χ4v) is 6.86. The maximum Gasteiger partial charge on any atom is 0.288 e. The van der Waals surface area contributed by atoms with Gasteiger partial charge in [0.05, 0.1) is 28.8 Å². The minimum Gasteiger partial charge on any atom is -0.366 e. The molecule has 1 unspecified atom stereocenters. The van der Waals surface area contributed by atoms with Crippen molar-refractivity contribution in [3.8, 4) is 0 Å². The molecule has 0 bridgehead atoms. The molecule has 3 amide bonds. The predicted octanol–water partition coefficient (Wildman–Crippen LogP) is 4.12. The number of hydrogen-bond acceptors (Lipinski definition) is 9. The van der Waals surface area contributed by atoms with E-state index in [2.05, 4.69) is 44.6 Å². The smallest absolute Gasteiger partial charge is 0.288 e. The van der Waals surface area contributed by atoms with Gasteiger partial charge in [0, 0.05) is 43.0 Å². The third-order valence-corrected chi connectivity index (χ3v) is 9.34. The van der Waals surface area contributed by atoms with Crippen molar-refractivity contribution in [3.63, 3.8) is 0 Å². The van der Waals surface area contributed by atoms with Crippen LogP contribution in [0.15, 0.2) is 58.2 Å². The minimum absolute atomic E-state index is 0.0664. The second kappa shape index (κ2) is 14.9. The van der Waals surface area contributed by atoms with Crippen molar-refractivity contribution < 1.29 is 14.4 Å². The number of aromatic nitrogens is 4. The number of rotatable bonds is 4. The number of nitrogens with one attached hydrogen (secondary N) is 2. The second-order valence-corrected chi connectivity index (χ2v) is 12.8. The second-order valence-electron chi connectivity index (χ2n) is 12.8. The first-order chi connectivity index (χ1) is 24.2. The number of fused-ring (bicyclic) bond motifs is 5. The lowest BCUT2D eigenvalue weighted by Gasteiger charge is -2.28. The molecule has 4 heterocycles. The standard InChI is InChI=1S/C36H45N11O3/c1-5-45-32-26(24(3)42-45)13-7-6-10-19-47-31(21-23(2)41-47)34(49)43-46(30-17-16-25(33(37)48)22-28(30)38-4)20-12-11-18-44-29-15-9-8-14-27(29)39-36(44)40-35(32)50/h8-9,15-17,21-22,27H,4-7,10-14,18-20H2,1-3H3,(H2,37,48)(H,43,49)(H,39,40,50). The number of carbonyl (C=O) groups excluding carboxylic acids is 3. The number of carbonyl (C=O) groups is 3. The lowest BCUT2D eigenvalue weighted by molar-refractivity contribution is 0.0934. The quantitative estimate of drug-likeness (QED) is 0.349. The van der Waals surface area contributed by atoms with Crippen LogP contribution in [0, 0.1) is 13.8 Å². The van der Waals surface area contributed by atoms with Gasteiger partial charge in [-0.15, -0.1) is 0 Å². The summed E-state index contributed by atoms with van der Waals surface area (Å²) < 4.78 is 3.54. The maximum absolute atomic E-state index is 14.0. The van der Waals surface area contributed by atoms with E-state index >= 15 is 0 Å². The van der Waals surface area contributed by atoms with Gasteiger partial charge in [0.2, 0.25) is 11.9 Å². The molecular formula is C36H45N11O3. The molecule has 0 saturated heterocycles. The third-order valence-electron chi connectivity index (χ3n) is 9.34. The number of primary amides is 1. The van der Waals surface area contributed by atoms with Gasteiger partial charge < -0.3 is 10.6 Å². The fourth-order valence-electron chi connectivity index (χ4n) is 6.86.